The third-order valence-electron chi connectivity index (χ3n) is 7.86. The number of rotatable bonds is 1. The van der Waals surface area contributed by atoms with Gasteiger partial charge in [-0.25, -0.2) is 22.0 Å². The lowest BCUT2D eigenvalue weighted by Crippen LogP contribution is -2.16. The minimum Gasteiger partial charge on any atom is -0.354 e. The summed E-state index contributed by atoms with van der Waals surface area (Å²) >= 11 is 0. The summed E-state index contributed by atoms with van der Waals surface area (Å²) in [6, 6.07) is 23.2. The molecule has 210 valence electrons. The molecule has 0 spiro atoms. The highest BCUT2D eigenvalue weighted by Gasteiger charge is 2.25. The summed E-state index contributed by atoms with van der Waals surface area (Å²) in [4.78, 5) is 11.2. The van der Waals surface area contributed by atoms with Gasteiger partial charge < -0.3 is 19.9 Å². The van der Waals surface area contributed by atoms with Crippen LogP contribution in [0.5, 0.6) is 0 Å². The second-order valence-electron chi connectivity index (χ2n) is 10.4. The smallest absolute Gasteiger partial charge is 0.187 e. The van der Waals surface area contributed by atoms with Crippen LogP contribution < -0.4 is 21.4 Å². The number of halogens is 5. The highest BCUT2D eigenvalue weighted by atomic mass is 19.2. The van der Waals surface area contributed by atoms with Gasteiger partial charge in [0.2, 0.25) is 0 Å². The SMILES string of the molecule is FC1=c2[nH]c(c(F)c2F)=C(F)c2[nH]c(c(-c3ccccc3)c2F)C=c2[nH]c(c3c2ccc2ccccc23)=Cc2ccc1[nH]2. The Morgan fingerprint density at radius 1 is 0.512 bits per heavy atom. The van der Waals surface area contributed by atoms with Crippen LogP contribution in [0.25, 0.3) is 56.5 Å². The molecular formula is C34H19F5N4. The van der Waals surface area contributed by atoms with Crippen LogP contribution >= 0.6 is 0 Å². The third-order valence-corrected chi connectivity index (χ3v) is 7.86. The van der Waals surface area contributed by atoms with Crippen molar-refractivity contribution in [1.82, 2.24) is 19.9 Å². The van der Waals surface area contributed by atoms with Gasteiger partial charge in [0.25, 0.3) is 0 Å². The van der Waals surface area contributed by atoms with Crippen molar-refractivity contribution in [3.8, 4) is 11.1 Å². The Hall–Kier alpha value is -5.57. The zero-order chi connectivity index (χ0) is 29.4. The van der Waals surface area contributed by atoms with Gasteiger partial charge in [0, 0.05) is 32.7 Å². The van der Waals surface area contributed by atoms with E-state index < -0.39 is 45.5 Å². The fraction of sp³-hybridized carbons (Fsp3) is 0. The number of nitrogens with one attached hydrogen (secondary N) is 4. The van der Waals surface area contributed by atoms with Crippen molar-refractivity contribution < 1.29 is 22.0 Å². The van der Waals surface area contributed by atoms with Crippen molar-refractivity contribution in [1.29, 1.82) is 0 Å². The fourth-order valence-corrected chi connectivity index (χ4v) is 5.87. The van der Waals surface area contributed by atoms with Crippen LogP contribution in [0.1, 0.15) is 22.8 Å². The van der Waals surface area contributed by atoms with E-state index in [0.717, 1.165) is 21.5 Å². The van der Waals surface area contributed by atoms with Crippen molar-refractivity contribution in [3.05, 3.63) is 140 Å². The van der Waals surface area contributed by atoms with Gasteiger partial charge in [0.15, 0.2) is 29.1 Å². The highest BCUT2D eigenvalue weighted by molar-refractivity contribution is 6.08. The molecule has 8 rings (SSSR count). The van der Waals surface area contributed by atoms with Gasteiger partial charge in [-0.05, 0) is 40.6 Å². The zero-order valence-electron chi connectivity index (χ0n) is 22.1. The molecule has 4 aromatic heterocycles. The number of H-pyrrole nitrogens is 4. The summed E-state index contributed by atoms with van der Waals surface area (Å²) in [5.74, 6) is -6.92. The Labute approximate surface area is 238 Å². The first-order chi connectivity index (χ1) is 20.9. The van der Waals surface area contributed by atoms with Crippen molar-refractivity contribution in [2.45, 2.75) is 0 Å². The minimum absolute atomic E-state index is 0.0307. The van der Waals surface area contributed by atoms with Gasteiger partial charge >= 0.3 is 0 Å². The normalized spacial score (nSPS) is 13.0. The van der Waals surface area contributed by atoms with Crippen LogP contribution in [0.3, 0.4) is 0 Å². The van der Waals surface area contributed by atoms with Crippen LogP contribution in [0, 0.1) is 17.5 Å². The maximum absolute atomic E-state index is 16.1. The lowest BCUT2D eigenvalue weighted by Gasteiger charge is -2.01. The predicted octanol–water partition coefficient (Wildman–Crippen LogP) is 5.61. The van der Waals surface area contributed by atoms with Crippen LogP contribution in [0.15, 0.2) is 78.9 Å². The number of fused-ring (bicyclic) bond motifs is 13. The van der Waals surface area contributed by atoms with E-state index in [1.807, 2.05) is 36.4 Å². The van der Waals surface area contributed by atoms with E-state index in [0.29, 0.717) is 22.0 Å². The van der Waals surface area contributed by atoms with Gasteiger partial charge in [-0.2, -0.15) is 0 Å². The first-order valence-electron chi connectivity index (χ1n) is 13.4. The highest BCUT2D eigenvalue weighted by Crippen LogP contribution is 2.33. The molecule has 0 saturated carbocycles. The van der Waals surface area contributed by atoms with Crippen molar-refractivity contribution in [2.24, 2.45) is 0 Å². The van der Waals surface area contributed by atoms with E-state index in [1.165, 1.54) is 6.07 Å². The monoisotopic (exact) mass is 578 g/mol. The van der Waals surface area contributed by atoms with Gasteiger partial charge in [0.1, 0.15) is 16.4 Å². The van der Waals surface area contributed by atoms with Crippen LogP contribution in [-0.4, -0.2) is 19.9 Å². The molecule has 0 atom stereocenters. The summed E-state index contributed by atoms with van der Waals surface area (Å²) in [5, 5.41) is 2.95. The van der Waals surface area contributed by atoms with Crippen molar-refractivity contribution in [2.75, 3.05) is 0 Å². The maximum Gasteiger partial charge on any atom is 0.187 e. The largest absolute Gasteiger partial charge is 0.354 e. The van der Waals surface area contributed by atoms with E-state index in [-0.39, 0.29) is 17.0 Å². The summed E-state index contributed by atoms with van der Waals surface area (Å²) in [7, 11) is 0. The van der Waals surface area contributed by atoms with Crippen LogP contribution in [0.2, 0.25) is 0 Å². The number of hydrogen-bond acceptors (Lipinski definition) is 0. The predicted molar refractivity (Wildman–Crippen MR) is 156 cm³/mol. The third kappa shape index (κ3) is 3.74. The number of aromatic amines is 4. The molecule has 1 aliphatic heterocycles. The molecule has 5 heterocycles. The molecule has 0 radical (unpaired) electrons. The first-order valence-corrected chi connectivity index (χ1v) is 13.4. The molecule has 8 bridgehead atoms. The Bertz CT molecular complexity index is 2510. The molecule has 9 heteroatoms. The number of aromatic nitrogens is 4. The topological polar surface area (TPSA) is 63.2 Å². The minimum atomic E-state index is -1.67. The van der Waals surface area contributed by atoms with E-state index >= 15 is 17.6 Å². The van der Waals surface area contributed by atoms with Crippen LogP contribution in [-0.2, 0) is 0 Å². The quantitative estimate of drug-likeness (QED) is 0.183. The molecule has 4 N–H and O–H groups in total. The molecule has 7 aromatic rings. The average Bonchev–Trinajstić information content (AvgIpc) is 3.78. The second-order valence-corrected chi connectivity index (χ2v) is 10.4. The summed E-state index contributed by atoms with van der Waals surface area (Å²) in [6.07, 6.45) is 3.44. The van der Waals surface area contributed by atoms with E-state index in [4.69, 9.17) is 0 Å². The lowest BCUT2D eigenvalue weighted by molar-refractivity contribution is 0.503. The summed E-state index contributed by atoms with van der Waals surface area (Å²) in [6.45, 7) is 0. The second kappa shape index (κ2) is 9.22. The van der Waals surface area contributed by atoms with Gasteiger partial charge in [-0.1, -0.05) is 66.7 Å². The number of hydrogen-bond donors (Lipinski definition) is 4. The van der Waals surface area contributed by atoms with Crippen LogP contribution in [0.4, 0.5) is 22.0 Å². The maximum atomic E-state index is 16.1. The van der Waals surface area contributed by atoms with E-state index in [2.05, 4.69) is 19.9 Å². The summed E-state index contributed by atoms with van der Waals surface area (Å²) < 4.78 is 77.6. The molecule has 0 unspecified atom stereocenters. The first kappa shape index (κ1) is 25.2. The molecule has 0 fully saturated rings. The molecule has 4 nitrogen and oxygen atoms in total. The standard InChI is InChI=1S/C34H19F5N4/c35-27-21-13-11-18(40-21)14-23-26-19-9-5-4-6-16(19)10-12-20(26)22(41-23)15-24-25(17-7-2-1-3-8-17)28(36)33(42-24)31(39)34-30(38)29(37)32(27)43-34/h1-15,40-43H. The zero-order valence-corrected chi connectivity index (χ0v) is 22.1. The average molecular weight is 579 g/mol. The van der Waals surface area contributed by atoms with Gasteiger partial charge in [0.05, 0.1) is 11.4 Å². The molecule has 0 aliphatic carbocycles. The summed E-state index contributed by atoms with van der Waals surface area (Å²) in [5.41, 5.74) is 0.268. The molecular weight excluding hydrogens is 559 g/mol. The number of benzene rings is 3. The Morgan fingerprint density at radius 2 is 1.26 bits per heavy atom. The Kier molecular flexibility index (Phi) is 5.40. The van der Waals surface area contributed by atoms with Crippen molar-refractivity contribution in [3.63, 3.8) is 0 Å². The molecule has 0 amide bonds. The van der Waals surface area contributed by atoms with Crippen molar-refractivity contribution >= 4 is 45.4 Å². The Balaban J connectivity index is 1.58. The molecule has 43 heavy (non-hydrogen) atoms. The Morgan fingerprint density at radius 3 is 2.07 bits per heavy atom. The van der Waals surface area contributed by atoms with Gasteiger partial charge in [-0.15, -0.1) is 0 Å². The van der Waals surface area contributed by atoms with Gasteiger partial charge in [-0.3, -0.25) is 0 Å². The lowest BCUT2D eigenvalue weighted by atomic mass is 10.0. The van der Waals surface area contributed by atoms with E-state index in [9.17, 15) is 4.39 Å². The van der Waals surface area contributed by atoms with E-state index in [1.54, 1.807) is 48.6 Å². The molecule has 1 aliphatic rings. The fourth-order valence-electron chi connectivity index (χ4n) is 5.87. The molecule has 3 aromatic carbocycles. The molecule has 0 saturated heterocycles.